The molecule has 0 saturated heterocycles. The van der Waals surface area contributed by atoms with Gasteiger partial charge in [-0.15, -0.1) is 0 Å². The molecule has 2 N–H and O–H groups in total. The number of fused-ring (bicyclic) bond motifs is 1. The predicted molar refractivity (Wildman–Crippen MR) is 129 cm³/mol. The Morgan fingerprint density at radius 2 is 1.94 bits per heavy atom. The molecule has 180 valence electrons. The van der Waals surface area contributed by atoms with Crippen molar-refractivity contribution in [1.82, 2.24) is 14.9 Å². The molecular formula is C24H29N5O5. The number of hydrogen-bond acceptors (Lipinski definition) is 8. The van der Waals surface area contributed by atoms with Crippen LogP contribution in [0.4, 0.5) is 16.5 Å². The largest absolute Gasteiger partial charge is 0.444 e. The zero-order chi connectivity index (χ0) is 24.9. The highest BCUT2D eigenvalue weighted by Crippen LogP contribution is 2.23. The molecule has 0 fully saturated rings. The SMILES string of the molecule is Cc1c(NC(=O)OC(C)(C)C)ccc2nc(NCC(=O)N(C)CCc3ccccn3)oc(=O)c12. The fourth-order valence-electron chi connectivity index (χ4n) is 3.18. The second-order valence-corrected chi connectivity index (χ2v) is 8.81. The molecule has 0 bridgehead atoms. The molecule has 0 saturated carbocycles. The summed E-state index contributed by atoms with van der Waals surface area (Å²) in [4.78, 5) is 47.3. The number of likely N-dealkylation sites (N-methyl/N-ethyl adjacent to an activating group) is 1. The number of amides is 2. The van der Waals surface area contributed by atoms with Gasteiger partial charge in [0.15, 0.2) is 0 Å². The Labute approximate surface area is 197 Å². The van der Waals surface area contributed by atoms with Gasteiger partial charge in [-0.2, -0.15) is 4.98 Å². The fourth-order valence-corrected chi connectivity index (χ4v) is 3.18. The highest BCUT2D eigenvalue weighted by atomic mass is 16.6. The summed E-state index contributed by atoms with van der Waals surface area (Å²) >= 11 is 0. The molecule has 0 atom stereocenters. The summed E-state index contributed by atoms with van der Waals surface area (Å²) in [5.41, 5.74) is 0.909. The smallest absolute Gasteiger partial charge is 0.412 e. The molecule has 34 heavy (non-hydrogen) atoms. The molecule has 0 unspecified atom stereocenters. The Morgan fingerprint density at radius 3 is 2.62 bits per heavy atom. The number of anilines is 2. The van der Waals surface area contributed by atoms with Crippen molar-refractivity contribution in [3.63, 3.8) is 0 Å². The number of ether oxygens (including phenoxy) is 1. The van der Waals surface area contributed by atoms with Crippen LogP contribution >= 0.6 is 0 Å². The molecule has 0 spiro atoms. The number of pyridine rings is 1. The number of hydrogen-bond donors (Lipinski definition) is 2. The lowest BCUT2D eigenvalue weighted by Gasteiger charge is -2.20. The lowest BCUT2D eigenvalue weighted by Crippen LogP contribution is -2.34. The summed E-state index contributed by atoms with van der Waals surface area (Å²) in [5, 5.41) is 5.65. The Kier molecular flexibility index (Phi) is 7.50. The van der Waals surface area contributed by atoms with E-state index in [9.17, 15) is 14.4 Å². The first kappa shape index (κ1) is 24.7. The van der Waals surface area contributed by atoms with Gasteiger partial charge in [-0.3, -0.25) is 15.1 Å². The number of aromatic nitrogens is 2. The van der Waals surface area contributed by atoms with Gasteiger partial charge in [0.25, 0.3) is 6.01 Å². The van der Waals surface area contributed by atoms with Crippen molar-refractivity contribution >= 4 is 34.6 Å². The summed E-state index contributed by atoms with van der Waals surface area (Å²) in [5.74, 6) is -0.187. The first-order valence-electron chi connectivity index (χ1n) is 10.9. The van der Waals surface area contributed by atoms with E-state index in [1.54, 1.807) is 58.0 Å². The number of benzene rings is 1. The van der Waals surface area contributed by atoms with Crippen molar-refractivity contribution in [2.75, 3.05) is 30.8 Å². The van der Waals surface area contributed by atoms with E-state index in [-0.39, 0.29) is 23.9 Å². The summed E-state index contributed by atoms with van der Waals surface area (Å²) in [6.07, 6.45) is 1.71. The summed E-state index contributed by atoms with van der Waals surface area (Å²) in [6.45, 7) is 7.37. The molecule has 1 aromatic carbocycles. The second kappa shape index (κ2) is 10.3. The minimum atomic E-state index is -0.653. The van der Waals surface area contributed by atoms with Crippen molar-refractivity contribution in [3.8, 4) is 0 Å². The zero-order valence-corrected chi connectivity index (χ0v) is 20.0. The van der Waals surface area contributed by atoms with E-state index in [0.717, 1.165) is 5.69 Å². The van der Waals surface area contributed by atoms with Gasteiger partial charge < -0.3 is 19.4 Å². The topological polar surface area (TPSA) is 127 Å². The van der Waals surface area contributed by atoms with Gasteiger partial charge in [0.1, 0.15) is 5.60 Å². The molecule has 0 aliphatic rings. The van der Waals surface area contributed by atoms with Crippen LogP contribution in [0, 0.1) is 6.92 Å². The van der Waals surface area contributed by atoms with Gasteiger partial charge in [0.2, 0.25) is 5.91 Å². The molecule has 10 heteroatoms. The van der Waals surface area contributed by atoms with Crippen molar-refractivity contribution in [1.29, 1.82) is 0 Å². The van der Waals surface area contributed by atoms with Gasteiger partial charge >= 0.3 is 11.7 Å². The van der Waals surface area contributed by atoms with Crippen LogP contribution in [0.1, 0.15) is 32.0 Å². The predicted octanol–water partition coefficient (Wildman–Crippen LogP) is 3.35. The molecule has 3 aromatic rings. The monoisotopic (exact) mass is 467 g/mol. The minimum absolute atomic E-state index is 0.0590. The summed E-state index contributed by atoms with van der Waals surface area (Å²) in [7, 11) is 1.69. The minimum Gasteiger partial charge on any atom is -0.444 e. The maximum absolute atomic E-state index is 12.6. The molecule has 10 nitrogen and oxygen atoms in total. The molecule has 0 radical (unpaired) electrons. The lowest BCUT2D eigenvalue weighted by molar-refractivity contribution is -0.128. The highest BCUT2D eigenvalue weighted by molar-refractivity contribution is 5.93. The number of carbonyl (C=O) groups is 2. The number of nitrogens with one attached hydrogen (secondary N) is 2. The summed E-state index contributed by atoms with van der Waals surface area (Å²) < 4.78 is 10.5. The van der Waals surface area contributed by atoms with E-state index in [1.807, 2.05) is 18.2 Å². The van der Waals surface area contributed by atoms with E-state index in [0.29, 0.717) is 29.7 Å². The number of nitrogens with zero attached hydrogens (tertiary/aromatic N) is 3. The average Bonchev–Trinajstić information content (AvgIpc) is 2.77. The van der Waals surface area contributed by atoms with E-state index < -0.39 is 17.3 Å². The Hall–Kier alpha value is -3.95. The fraction of sp³-hybridized carbons (Fsp3) is 0.375. The van der Waals surface area contributed by atoms with Gasteiger partial charge in [-0.05, 0) is 57.5 Å². The normalized spacial score (nSPS) is 11.2. The third kappa shape index (κ3) is 6.53. The molecule has 2 heterocycles. The Balaban J connectivity index is 1.66. The highest BCUT2D eigenvalue weighted by Gasteiger charge is 2.19. The van der Waals surface area contributed by atoms with Crippen molar-refractivity contribution < 1.29 is 18.7 Å². The lowest BCUT2D eigenvalue weighted by atomic mass is 10.1. The maximum Gasteiger partial charge on any atom is 0.412 e. The van der Waals surface area contributed by atoms with Crippen molar-refractivity contribution in [2.24, 2.45) is 0 Å². The quantitative estimate of drug-likeness (QED) is 0.542. The van der Waals surface area contributed by atoms with Gasteiger partial charge in [-0.25, -0.2) is 9.59 Å². The van der Waals surface area contributed by atoms with E-state index in [1.165, 1.54) is 0 Å². The van der Waals surface area contributed by atoms with Crippen LogP contribution in [0.2, 0.25) is 0 Å². The number of rotatable bonds is 7. The van der Waals surface area contributed by atoms with Crippen LogP contribution < -0.4 is 16.3 Å². The Morgan fingerprint density at radius 1 is 1.18 bits per heavy atom. The summed E-state index contributed by atoms with van der Waals surface area (Å²) in [6, 6.07) is 8.81. The first-order chi connectivity index (χ1) is 16.0. The van der Waals surface area contributed by atoms with Crippen LogP contribution in [0.5, 0.6) is 0 Å². The maximum atomic E-state index is 12.6. The van der Waals surface area contributed by atoms with Crippen LogP contribution in [0.25, 0.3) is 10.9 Å². The van der Waals surface area contributed by atoms with E-state index >= 15 is 0 Å². The van der Waals surface area contributed by atoms with Crippen LogP contribution in [-0.4, -0.2) is 52.6 Å². The Bertz CT molecular complexity index is 1230. The molecular weight excluding hydrogens is 438 g/mol. The number of carbonyl (C=O) groups excluding carboxylic acids is 2. The van der Waals surface area contributed by atoms with Crippen LogP contribution in [-0.2, 0) is 16.0 Å². The van der Waals surface area contributed by atoms with Crippen LogP contribution in [0.15, 0.2) is 45.7 Å². The molecule has 2 amide bonds. The zero-order valence-electron chi connectivity index (χ0n) is 20.0. The van der Waals surface area contributed by atoms with Crippen LogP contribution in [0.3, 0.4) is 0 Å². The molecule has 0 aliphatic carbocycles. The second-order valence-electron chi connectivity index (χ2n) is 8.81. The van der Waals surface area contributed by atoms with E-state index in [4.69, 9.17) is 9.15 Å². The van der Waals surface area contributed by atoms with Crippen molar-refractivity contribution in [3.05, 3.63) is 58.2 Å². The van der Waals surface area contributed by atoms with E-state index in [2.05, 4.69) is 20.6 Å². The molecule has 2 aromatic heterocycles. The van der Waals surface area contributed by atoms with Crippen molar-refractivity contribution in [2.45, 2.75) is 39.7 Å². The van der Waals surface area contributed by atoms with Gasteiger partial charge in [-0.1, -0.05) is 6.07 Å². The standard InChI is InChI=1S/C24H29N5O5/c1-15-17(28-23(32)34-24(2,3)4)9-10-18-20(15)21(31)33-22(27-18)26-14-19(30)29(5)13-11-16-8-6-7-12-25-16/h6-10,12H,11,13-14H2,1-5H3,(H,26,27)(H,28,32). The van der Waals surface area contributed by atoms with Gasteiger partial charge in [0, 0.05) is 37.6 Å². The third-order valence-corrected chi connectivity index (χ3v) is 4.94. The molecule has 0 aliphatic heterocycles. The average molecular weight is 468 g/mol. The first-order valence-corrected chi connectivity index (χ1v) is 10.9. The molecule has 3 rings (SSSR count). The third-order valence-electron chi connectivity index (χ3n) is 4.94. The number of aryl methyl sites for hydroxylation is 1. The van der Waals surface area contributed by atoms with Gasteiger partial charge in [0.05, 0.1) is 17.4 Å².